The first-order chi connectivity index (χ1) is 17.9. The van der Waals surface area contributed by atoms with Crippen LogP contribution in [-0.4, -0.2) is 45.8 Å². The van der Waals surface area contributed by atoms with Crippen molar-refractivity contribution in [2.75, 3.05) is 11.6 Å². The summed E-state index contributed by atoms with van der Waals surface area (Å²) in [6.07, 6.45) is 3.66. The normalized spacial score (nSPS) is 26.9. The van der Waals surface area contributed by atoms with Gasteiger partial charge in [0, 0.05) is 18.8 Å². The van der Waals surface area contributed by atoms with Gasteiger partial charge in [0.05, 0.1) is 17.0 Å². The molecule has 2 aromatic carbocycles. The number of nitrogens with one attached hydrogen (secondary N) is 1. The molecule has 0 saturated heterocycles. The van der Waals surface area contributed by atoms with E-state index in [2.05, 4.69) is 9.71 Å². The van der Waals surface area contributed by atoms with Crippen molar-refractivity contribution in [3.05, 3.63) is 70.7 Å². The van der Waals surface area contributed by atoms with Gasteiger partial charge in [-0.1, -0.05) is 18.2 Å². The Labute approximate surface area is 248 Å². The molecule has 2 fully saturated rings. The quantitative estimate of drug-likeness (QED) is 0.446. The van der Waals surface area contributed by atoms with E-state index in [1.165, 1.54) is 30.3 Å². The SMILES string of the molecule is CS(=O)(=O)Cc1ccc2c(c1)S(=O)(=O)N=C(C1=C([O-])C3C([C@@H]4CC[C@H]3C4)N(Cc3ccc(F)cc3)C1=O)N2.[Na+]. The summed E-state index contributed by atoms with van der Waals surface area (Å²) in [5, 5.41) is 16.6. The van der Waals surface area contributed by atoms with Crippen LogP contribution in [0.15, 0.2) is 63.1 Å². The summed E-state index contributed by atoms with van der Waals surface area (Å²) < 4.78 is 67.0. The molecular formula is C26H25FN3NaO6S2. The molecule has 2 aromatic rings. The number of anilines is 1. The number of nitrogens with zero attached hydrogens (tertiary/aromatic N) is 2. The van der Waals surface area contributed by atoms with Gasteiger partial charge in [-0.3, -0.25) is 4.79 Å². The average Bonchev–Trinajstić information content (AvgIpc) is 3.45. The van der Waals surface area contributed by atoms with Crippen LogP contribution in [0, 0.1) is 23.6 Å². The summed E-state index contributed by atoms with van der Waals surface area (Å²) in [4.78, 5) is 15.3. The molecule has 200 valence electrons. The third-order valence-electron chi connectivity index (χ3n) is 7.98. The van der Waals surface area contributed by atoms with Gasteiger partial charge in [-0.25, -0.2) is 12.8 Å². The fraction of sp³-hybridized carbons (Fsp3) is 0.385. The number of hydrogen-bond acceptors (Lipinski definition) is 7. The summed E-state index contributed by atoms with van der Waals surface area (Å²) >= 11 is 0. The molecule has 0 aromatic heterocycles. The standard InChI is InChI=1S/C26H26FN3O6S2.Na/c1-37(33,34)13-15-4-9-19-20(10-15)38(35,36)29-25(28-19)22-24(31)21-16-5-6-17(11-16)23(21)30(26(22)32)12-14-2-7-18(27)8-3-14;/h2-4,7-10,16-17,21,23,31H,5-6,11-13H2,1H3,(H,28,29);/q;+1/p-1/t16-,17+,21?,23?;/m0./s1. The Morgan fingerprint density at radius 2 is 1.77 bits per heavy atom. The molecule has 2 saturated carbocycles. The number of carbonyl (C=O) groups excluding carboxylic acids is 1. The van der Waals surface area contributed by atoms with Crippen LogP contribution in [0.3, 0.4) is 0 Å². The van der Waals surface area contributed by atoms with Gasteiger partial charge in [-0.05, 0) is 72.4 Å². The van der Waals surface area contributed by atoms with Crippen LogP contribution in [-0.2, 0) is 37.0 Å². The van der Waals surface area contributed by atoms with Gasteiger partial charge in [0.2, 0.25) is 0 Å². The van der Waals surface area contributed by atoms with E-state index in [1.54, 1.807) is 17.0 Å². The Bertz CT molecular complexity index is 1640. The number of benzene rings is 2. The summed E-state index contributed by atoms with van der Waals surface area (Å²) in [7, 11) is -7.74. The van der Waals surface area contributed by atoms with Crippen molar-refractivity contribution in [1.82, 2.24) is 4.90 Å². The topological polar surface area (TPSA) is 136 Å². The predicted octanol–water partition coefficient (Wildman–Crippen LogP) is -1.04. The van der Waals surface area contributed by atoms with Gasteiger partial charge < -0.3 is 15.3 Å². The summed E-state index contributed by atoms with van der Waals surface area (Å²) in [6, 6.07) is 9.64. The van der Waals surface area contributed by atoms with Gasteiger partial charge in [0.15, 0.2) is 15.7 Å². The monoisotopic (exact) mass is 581 g/mol. The third kappa shape index (κ3) is 5.06. The summed E-state index contributed by atoms with van der Waals surface area (Å²) in [5.74, 6) is -2.25. The largest absolute Gasteiger partial charge is 1.00 e. The zero-order chi connectivity index (χ0) is 27.0. The van der Waals surface area contributed by atoms with Crippen molar-refractivity contribution in [3.63, 3.8) is 0 Å². The van der Waals surface area contributed by atoms with E-state index in [0.29, 0.717) is 5.56 Å². The van der Waals surface area contributed by atoms with Crippen LogP contribution < -0.4 is 40.0 Å². The zero-order valence-electron chi connectivity index (χ0n) is 21.4. The second kappa shape index (κ2) is 9.99. The van der Waals surface area contributed by atoms with Gasteiger partial charge in [-0.2, -0.15) is 8.42 Å². The van der Waals surface area contributed by atoms with Crippen LogP contribution in [0.25, 0.3) is 0 Å². The van der Waals surface area contributed by atoms with Crippen molar-refractivity contribution < 1.29 is 60.7 Å². The van der Waals surface area contributed by atoms with Crippen molar-refractivity contribution >= 4 is 37.3 Å². The van der Waals surface area contributed by atoms with Gasteiger partial charge >= 0.3 is 29.6 Å². The summed E-state index contributed by atoms with van der Waals surface area (Å²) in [5.41, 5.74) is 0.795. The Balaban J connectivity index is 0.00000308. The Kier molecular flexibility index (Phi) is 7.24. The van der Waals surface area contributed by atoms with Crippen LogP contribution in [0.2, 0.25) is 0 Å². The predicted molar refractivity (Wildman–Crippen MR) is 135 cm³/mol. The minimum Gasteiger partial charge on any atom is -0.875 e. The minimum absolute atomic E-state index is 0. The van der Waals surface area contributed by atoms with Crippen molar-refractivity contribution in [2.24, 2.45) is 22.2 Å². The van der Waals surface area contributed by atoms with Crippen molar-refractivity contribution in [1.29, 1.82) is 0 Å². The van der Waals surface area contributed by atoms with Crippen LogP contribution in [0.4, 0.5) is 10.1 Å². The van der Waals surface area contributed by atoms with Crippen molar-refractivity contribution in [2.45, 2.75) is 42.5 Å². The fourth-order valence-corrected chi connectivity index (χ4v) is 8.47. The van der Waals surface area contributed by atoms with E-state index >= 15 is 0 Å². The van der Waals surface area contributed by atoms with E-state index in [0.717, 1.165) is 25.5 Å². The molecule has 0 spiro atoms. The maximum absolute atomic E-state index is 13.9. The maximum atomic E-state index is 13.9. The molecule has 9 nitrogen and oxygen atoms in total. The minimum atomic E-state index is -4.33. The molecule has 1 amide bonds. The number of sulfone groups is 1. The molecule has 2 aliphatic carbocycles. The number of carbonyl (C=O) groups is 1. The molecule has 2 aliphatic heterocycles. The molecule has 6 rings (SSSR count). The molecule has 2 heterocycles. The summed E-state index contributed by atoms with van der Waals surface area (Å²) in [6.45, 7) is 0.158. The second-order valence-electron chi connectivity index (χ2n) is 10.6. The van der Waals surface area contributed by atoms with Gasteiger partial charge in [0.25, 0.3) is 15.9 Å². The molecule has 4 aliphatic rings. The first-order valence-corrected chi connectivity index (χ1v) is 15.8. The second-order valence-corrected chi connectivity index (χ2v) is 14.3. The number of fused-ring (bicyclic) bond motifs is 6. The first kappa shape index (κ1) is 28.3. The Morgan fingerprint density at radius 1 is 1.10 bits per heavy atom. The van der Waals surface area contributed by atoms with E-state index in [-0.39, 0.29) is 87.3 Å². The van der Waals surface area contributed by atoms with Gasteiger partial charge in [-0.15, -0.1) is 10.2 Å². The van der Waals surface area contributed by atoms with E-state index in [9.17, 15) is 31.1 Å². The van der Waals surface area contributed by atoms with Crippen molar-refractivity contribution in [3.8, 4) is 0 Å². The third-order valence-corrected chi connectivity index (χ3v) is 10.2. The zero-order valence-corrected chi connectivity index (χ0v) is 25.1. The Morgan fingerprint density at radius 3 is 2.46 bits per heavy atom. The molecule has 4 atom stereocenters. The molecule has 1 N–H and O–H groups in total. The van der Waals surface area contributed by atoms with Crippen LogP contribution in [0.5, 0.6) is 0 Å². The molecule has 2 unspecified atom stereocenters. The van der Waals surface area contributed by atoms with E-state index in [1.807, 2.05) is 0 Å². The first-order valence-electron chi connectivity index (χ1n) is 12.3. The van der Waals surface area contributed by atoms with E-state index in [4.69, 9.17) is 0 Å². The number of amidine groups is 1. The van der Waals surface area contributed by atoms with E-state index < -0.39 is 43.3 Å². The fourth-order valence-electron chi connectivity index (χ4n) is 6.52. The maximum Gasteiger partial charge on any atom is 1.00 e. The number of amides is 1. The molecule has 39 heavy (non-hydrogen) atoms. The Hall–Kier alpha value is -2.25. The molecular weight excluding hydrogens is 556 g/mol. The molecule has 2 bridgehead atoms. The van der Waals surface area contributed by atoms with Crippen LogP contribution in [0.1, 0.15) is 30.4 Å². The number of sulfonamides is 1. The number of rotatable bonds is 5. The molecule has 0 radical (unpaired) electrons. The smallest absolute Gasteiger partial charge is 0.875 e. The average molecular weight is 582 g/mol. The molecule has 13 heteroatoms. The van der Waals surface area contributed by atoms with Crippen LogP contribution >= 0.6 is 0 Å². The number of halogens is 1. The van der Waals surface area contributed by atoms with Gasteiger partial charge in [0.1, 0.15) is 10.7 Å². The number of hydrogen-bond donors (Lipinski definition) is 1.